The summed E-state index contributed by atoms with van der Waals surface area (Å²) >= 11 is 1.74. The van der Waals surface area contributed by atoms with E-state index >= 15 is 0 Å². The normalized spacial score (nSPS) is 13.7. The topological polar surface area (TPSA) is 65.7 Å². The number of aryl methyl sites for hydroxylation is 2. The van der Waals surface area contributed by atoms with Crippen LogP contribution in [-0.2, 0) is 19.4 Å². The van der Waals surface area contributed by atoms with Gasteiger partial charge < -0.3 is 4.74 Å². The molecule has 0 saturated heterocycles. The number of hydrogen-bond acceptors (Lipinski definition) is 6. The molecule has 0 fully saturated rings. The molecule has 27 heavy (non-hydrogen) atoms. The van der Waals surface area contributed by atoms with Crippen molar-refractivity contribution in [2.45, 2.75) is 32.3 Å². The summed E-state index contributed by atoms with van der Waals surface area (Å²) in [5.41, 5.74) is 2.76. The molecule has 1 aliphatic carbocycles. The first-order valence-corrected chi connectivity index (χ1v) is 9.65. The Balaban J connectivity index is 1.39. The average molecular weight is 381 g/mol. The molecule has 5 rings (SSSR count). The molecule has 0 amide bonds. The van der Waals surface area contributed by atoms with Crippen LogP contribution in [0.2, 0.25) is 0 Å². The van der Waals surface area contributed by atoms with Gasteiger partial charge in [0.1, 0.15) is 29.3 Å². The highest BCUT2D eigenvalue weighted by Crippen LogP contribution is 2.39. The Kier molecular flexibility index (Phi) is 4.05. The van der Waals surface area contributed by atoms with Gasteiger partial charge in [0.15, 0.2) is 0 Å². The molecule has 0 spiro atoms. The van der Waals surface area contributed by atoms with Crippen LogP contribution in [0, 0.1) is 5.82 Å². The third-order valence-corrected chi connectivity index (χ3v) is 5.91. The van der Waals surface area contributed by atoms with Crippen LogP contribution in [0.15, 0.2) is 36.8 Å². The Bertz CT molecular complexity index is 1110. The van der Waals surface area contributed by atoms with E-state index in [-0.39, 0.29) is 12.4 Å². The molecule has 0 N–H and O–H groups in total. The number of halogens is 1. The van der Waals surface area contributed by atoms with Crippen molar-refractivity contribution in [3.63, 3.8) is 0 Å². The summed E-state index contributed by atoms with van der Waals surface area (Å²) in [7, 11) is 0. The quantitative estimate of drug-likeness (QED) is 0.537. The average Bonchev–Trinajstić information content (AvgIpc) is 3.31. The van der Waals surface area contributed by atoms with Crippen molar-refractivity contribution in [3.05, 3.63) is 58.7 Å². The van der Waals surface area contributed by atoms with Crippen molar-refractivity contribution in [1.29, 1.82) is 0 Å². The number of ether oxygens (including phenoxy) is 1. The van der Waals surface area contributed by atoms with E-state index in [0.717, 1.165) is 28.7 Å². The van der Waals surface area contributed by atoms with Gasteiger partial charge in [-0.25, -0.2) is 19.0 Å². The molecule has 1 aliphatic rings. The van der Waals surface area contributed by atoms with Gasteiger partial charge in [-0.15, -0.1) is 16.4 Å². The van der Waals surface area contributed by atoms with Gasteiger partial charge in [-0.05, 0) is 55.5 Å². The maximum absolute atomic E-state index is 13.1. The monoisotopic (exact) mass is 381 g/mol. The number of aromatic nitrogens is 5. The summed E-state index contributed by atoms with van der Waals surface area (Å²) in [4.78, 5) is 11.2. The van der Waals surface area contributed by atoms with Crippen LogP contribution in [0.3, 0.4) is 0 Å². The Morgan fingerprint density at radius 1 is 1.11 bits per heavy atom. The van der Waals surface area contributed by atoms with Crippen LogP contribution >= 0.6 is 11.3 Å². The second-order valence-corrected chi connectivity index (χ2v) is 7.57. The van der Waals surface area contributed by atoms with Gasteiger partial charge in [0.25, 0.3) is 0 Å². The highest BCUT2D eigenvalue weighted by molar-refractivity contribution is 7.18. The standard InChI is InChI=1S/C19H16FN5OS/c20-12-5-7-14(8-6-12)25-9-13(23-24-25)10-26-18-17-15-3-1-2-4-16(15)27-19(17)22-11-21-18/h5-9,11H,1-4,10H2. The lowest BCUT2D eigenvalue weighted by Gasteiger charge is -2.11. The fourth-order valence-corrected chi connectivity index (χ4v) is 4.62. The van der Waals surface area contributed by atoms with Crippen LogP contribution in [0.5, 0.6) is 5.88 Å². The molecular formula is C19H16FN5OS. The minimum atomic E-state index is -0.283. The van der Waals surface area contributed by atoms with Crippen molar-refractivity contribution in [1.82, 2.24) is 25.0 Å². The maximum atomic E-state index is 13.1. The molecule has 3 heterocycles. The van der Waals surface area contributed by atoms with E-state index in [1.165, 1.54) is 35.4 Å². The fourth-order valence-electron chi connectivity index (χ4n) is 3.40. The third kappa shape index (κ3) is 3.06. The van der Waals surface area contributed by atoms with E-state index in [1.54, 1.807) is 40.7 Å². The molecule has 0 atom stereocenters. The van der Waals surface area contributed by atoms with Gasteiger partial charge in [0, 0.05) is 4.88 Å². The van der Waals surface area contributed by atoms with E-state index in [1.807, 2.05) is 0 Å². The fraction of sp³-hybridized carbons (Fsp3) is 0.263. The molecule has 3 aromatic heterocycles. The first-order chi connectivity index (χ1) is 13.3. The minimum absolute atomic E-state index is 0.262. The predicted molar refractivity (Wildman–Crippen MR) is 99.7 cm³/mol. The molecule has 0 saturated carbocycles. The Labute approximate surface area is 158 Å². The molecule has 8 heteroatoms. The Morgan fingerprint density at radius 2 is 1.96 bits per heavy atom. The highest BCUT2D eigenvalue weighted by atomic mass is 32.1. The summed E-state index contributed by atoms with van der Waals surface area (Å²) in [5, 5.41) is 9.27. The molecule has 6 nitrogen and oxygen atoms in total. The number of rotatable bonds is 4. The Hall–Kier alpha value is -2.87. The van der Waals surface area contributed by atoms with Crippen LogP contribution in [0.1, 0.15) is 29.0 Å². The molecule has 0 unspecified atom stereocenters. The molecule has 136 valence electrons. The summed E-state index contributed by atoms with van der Waals surface area (Å²) < 4.78 is 20.6. The summed E-state index contributed by atoms with van der Waals surface area (Å²) in [6.07, 6.45) is 7.92. The first kappa shape index (κ1) is 16.3. The summed E-state index contributed by atoms with van der Waals surface area (Å²) in [6.45, 7) is 0.262. The van der Waals surface area contributed by atoms with Crippen molar-refractivity contribution < 1.29 is 9.13 Å². The van der Waals surface area contributed by atoms with E-state index in [0.29, 0.717) is 11.6 Å². The maximum Gasteiger partial charge on any atom is 0.226 e. The lowest BCUT2D eigenvalue weighted by atomic mass is 9.97. The Morgan fingerprint density at radius 3 is 2.85 bits per heavy atom. The van der Waals surface area contributed by atoms with Gasteiger partial charge in [0.05, 0.1) is 17.3 Å². The van der Waals surface area contributed by atoms with Crippen LogP contribution < -0.4 is 4.74 Å². The largest absolute Gasteiger partial charge is 0.470 e. The second kappa shape index (κ2) is 6.70. The van der Waals surface area contributed by atoms with E-state index in [9.17, 15) is 4.39 Å². The van der Waals surface area contributed by atoms with Gasteiger partial charge >= 0.3 is 0 Å². The smallest absolute Gasteiger partial charge is 0.226 e. The van der Waals surface area contributed by atoms with E-state index in [2.05, 4.69) is 20.3 Å². The van der Waals surface area contributed by atoms with Crippen molar-refractivity contribution >= 4 is 21.6 Å². The van der Waals surface area contributed by atoms with Crippen molar-refractivity contribution in [2.24, 2.45) is 0 Å². The zero-order valence-electron chi connectivity index (χ0n) is 14.4. The van der Waals surface area contributed by atoms with Crippen LogP contribution in [0.25, 0.3) is 15.9 Å². The number of hydrogen-bond donors (Lipinski definition) is 0. The molecular weight excluding hydrogens is 365 g/mol. The predicted octanol–water partition coefficient (Wildman–Crippen LogP) is 3.87. The zero-order valence-corrected chi connectivity index (χ0v) is 15.2. The lowest BCUT2D eigenvalue weighted by Crippen LogP contribution is -2.02. The third-order valence-electron chi connectivity index (χ3n) is 4.71. The van der Waals surface area contributed by atoms with Crippen LogP contribution in [-0.4, -0.2) is 25.0 Å². The highest BCUT2D eigenvalue weighted by Gasteiger charge is 2.20. The molecule has 0 aliphatic heterocycles. The van der Waals surface area contributed by atoms with Crippen molar-refractivity contribution in [2.75, 3.05) is 0 Å². The summed E-state index contributed by atoms with van der Waals surface area (Å²) in [6, 6.07) is 6.09. The molecule has 1 aromatic carbocycles. The minimum Gasteiger partial charge on any atom is -0.470 e. The van der Waals surface area contributed by atoms with Gasteiger partial charge in [0.2, 0.25) is 5.88 Å². The van der Waals surface area contributed by atoms with Gasteiger partial charge in [-0.2, -0.15) is 0 Å². The second-order valence-electron chi connectivity index (χ2n) is 6.49. The SMILES string of the molecule is Fc1ccc(-n2cc(COc3ncnc4sc5c(c34)CCCC5)nn2)cc1. The first-order valence-electron chi connectivity index (χ1n) is 8.83. The molecule has 0 radical (unpaired) electrons. The molecule has 0 bridgehead atoms. The van der Waals surface area contributed by atoms with Crippen molar-refractivity contribution in [3.8, 4) is 11.6 Å². The van der Waals surface area contributed by atoms with Crippen LogP contribution in [0.4, 0.5) is 4.39 Å². The lowest BCUT2D eigenvalue weighted by molar-refractivity contribution is 0.292. The molecule has 4 aromatic rings. The number of benzene rings is 1. The van der Waals surface area contributed by atoms with Gasteiger partial charge in [-0.3, -0.25) is 0 Å². The number of thiophene rings is 1. The van der Waals surface area contributed by atoms with Gasteiger partial charge in [-0.1, -0.05) is 5.21 Å². The summed E-state index contributed by atoms with van der Waals surface area (Å²) in [5.74, 6) is 0.324. The van der Waals surface area contributed by atoms with E-state index < -0.39 is 0 Å². The zero-order chi connectivity index (χ0) is 18.2. The number of fused-ring (bicyclic) bond motifs is 3. The number of nitrogens with zero attached hydrogens (tertiary/aromatic N) is 5. The van der Waals surface area contributed by atoms with E-state index in [4.69, 9.17) is 4.74 Å².